The van der Waals surface area contributed by atoms with Gasteiger partial charge in [-0.05, 0) is 42.3 Å². The standard InChI is InChI=1S/C21H19Cl2NO4/c1-12-8-17(25)15(11-24-4-6-27-7-5-24)21-19(12)20(26)18(28-21)9-13-2-3-14(22)10-16(13)23/h2-3,8-10,25H,4-7,11H2,1H3/b18-9-. The van der Waals surface area contributed by atoms with E-state index in [0.29, 0.717) is 57.8 Å². The van der Waals surface area contributed by atoms with Crippen LogP contribution in [0.3, 0.4) is 0 Å². The third kappa shape index (κ3) is 3.63. The van der Waals surface area contributed by atoms with Gasteiger partial charge < -0.3 is 14.6 Å². The number of carbonyl (C=O) groups excluding carboxylic acids is 1. The number of hydrogen-bond donors (Lipinski definition) is 1. The molecule has 0 unspecified atom stereocenters. The molecule has 0 aromatic heterocycles. The van der Waals surface area contributed by atoms with E-state index < -0.39 is 0 Å². The molecule has 0 amide bonds. The minimum atomic E-state index is -0.221. The number of rotatable bonds is 3. The lowest BCUT2D eigenvalue weighted by Crippen LogP contribution is -2.35. The lowest BCUT2D eigenvalue weighted by molar-refractivity contribution is 0.0336. The molecular formula is C21H19Cl2NO4. The van der Waals surface area contributed by atoms with Gasteiger partial charge >= 0.3 is 0 Å². The topological polar surface area (TPSA) is 59.0 Å². The van der Waals surface area contributed by atoms with E-state index in [9.17, 15) is 9.90 Å². The van der Waals surface area contributed by atoms with E-state index in [1.54, 1.807) is 37.3 Å². The minimum absolute atomic E-state index is 0.126. The van der Waals surface area contributed by atoms with Crippen LogP contribution in [0, 0.1) is 6.92 Å². The molecule has 0 aliphatic carbocycles. The molecule has 5 nitrogen and oxygen atoms in total. The molecule has 4 rings (SSSR count). The summed E-state index contributed by atoms with van der Waals surface area (Å²) in [6.45, 7) is 5.10. The highest BCUT2D eigenvalue weighted by Crippen LogP contribution is 2.42. The van der Waals surface area contributed by atoms with Gasteiger partial charge in [0.05, 0.1) is 24.3 Å². The molecule has 1 saturated heterocycles. The quantitative estimate of drug-likeness (QED) is 0.744. The molecule has 2 heterocycles. The second-order valence-corrected chi connectivity index (χ2v) is 7.73. The lowest BCUT2D eigenvalue weighted by Gasteiger charge is -2.27. The first kappa shape index (κ1) is 19.3. The van der Waals surface area contributed by atoms with Gasteiger partial charge in [-0.1, -0.05) is 29.3 Å². The van der Waals surface area contributed by atoms with Crippen molar-refractivity contribution in [3.63, 3.8) is 0 Å². The van der Waals surface area contributed by atoms with Crippen molar-refractivity contribution in [1.29, 1.82) is 0 Å². The Kier molecular flexibility index (Phi) is 5.34. The number of fused-ring (bicyclic) bond motifs is 1. The first-order valence-corrected chi connectivity index (χ1v) is 9.74. The minimum Gasteiger partial charge on any atom is -0.507 e. The van der Waals surface area contributed by atoms with Crippen LogP contribution >= 0.6 is 23.2 Å². The van der Waals surface area contributed by atoms with Crippen LogP contribution in [0.2, 0.25) is 10.0 Å². The zero-order valence-corrected chi connectivity index (χ0v) is 16.8. The fourth-order valence-electron chi connectivity index (χ4n) is 3.48. The molecule has 2 aromatic carbocycles. The SMILES string of the molecule is Cc1cc(O)c(CN2CCOCC2)c2c1C(=O)/C(=C/c1ccc(Cl)cc1Cl)O2. The highest BCUT2D eigenvalue weighted by atomic mass is 35.5. The van der Waals surface area contributed by atoms with E-state index in [1.165, 1.54) is 0 Å². The van der Waals surface area contributed by atoms with Crippen LogP contribution in [0.25, 0.3) is 6.08 Å². The molecule has 2 aliphatic heterocycles. The maximum atomic E-state index is 13.0. The fraction of sp³-hybridized carbons (Fsp3) is 0.286. The number of ether oxygens (including phenoxy) is 2. The van der Waals surface area contributed by atoms with E-state index >= 15 is 0 Å². The Morgan fingerprint density at radius 2 is 1.96 bits per heavy atom. The summed E-state index contributed by atoms with van der Waals surface area (Å²) in [6.07, 6.45) is 1.61. The lowest BCUT2D eigenvalue weighted by atomic mass is 9.99. The van der Waals surface area contributed by atoms with Gasteiger partial charge in [0, 0.05) is 29.7 Å². The predicted molar refractivity (Wildman–Crippen MR) is 108 cm³/mol. The molecule has 0 atom stereocenters. The van der Waals surface area contributed by atoms with Crippen molar-refractivity contribution in [3.8, 4) is 11.5 Å². The molecule has 2 aromatic rings. The Balaban J connectivity index is 1.71. The molecule has 7 heteroatoms. The summed E-state index contributed by atoms with van der Waals surface area (Å²) in [7, 11) is 0. The summed E-state index contributed by atoms with van der Waals surface area (Å²) in [4.78, 5) is 15.1. The number of aromatic hydroxyl groups is 1. The number of ketones is 1. The summed E-state index contributed by atoms with van der Waals surface area (Å²) in [5.74, 6) is 0.504. The number of phenols is 1. The Bertz CT molecular complexity index is 981. The van der Waals surface area contributed by atoms with E-state index in [2.05, 4.69) is 4.90 Å². The molecule has 0 bridgehead atoms. The van der Waals surface area contributed by atoms with Crippen molar-refractivity contribution in [2.75, 3.05) is 26.3 Å². The summed E-state index contributed by atoms with van der Waals surface area (Å²) in [5.41, 5.74) is 2.41. The molecule has 0 saturated carbocycles. The predicted octanol–water partition coefficient (Wildman–Crippen LogP) is 4.46. The Labute approximate surface area is 173 Å². The molecule has 146 valence electrons. The van der Waals surface area contributed by atoms with Crippen molar-refractivity contribution in [2.24, 2.45) is 0 Å². The molecular weight excluding hydrogens is 401 g/mol. The van der Waals surface area contributed by atoms with Crippen molar-refractivity contribution in [1.82, 2.24) is 4.90 Å². The number of halogens is 2. The second-order valence-electron chi connectivity index (χ2n) is 6.89. The second kappa shape index (κ2) is 7.76. The van der Waals surface area contributed by atoms with Crippen molar-refractivity contribution >= 4 is 35.1 Å². The van der Waals surface area contributed by atoms with Crippen LogP contribution in [-0.2, 0) is 11.3 Å². The van der Waals surface area contributed by atoms with Gasteiger partial charge in [0.1, 0.15) is 11.5 Å². The van der Waals surface area contributed by atoms with Gasteiger partial charge in [0.15, 0.2) is 5.76 Å². The molecule has 2 aliphatic rings. The van der Waals surface area contributed by atoms with E-state index in [-0.39, 0.29) is 17.3 Å². The molecule has 28 heavy (non-hydrogen) atoms. The number of morpholine rings is 1. The van der Waals surface area contributed by atoms with Crippen LogP contribution < -0.4 is 4.74 Å². The summed E-state index contributed by atoms with van der Waals surface area (Å²) < 4.78 is 11.3. The average Bonchev–Trinajstić information content (AvgIpc) is 2.98. The molecule has 0 spiro atoms. The number of benzene rings is 2. The highest BCUT2D eigenvalue weighted by molar-refractivity contribution is 6.35. The number of carbonyl (C=O) groups is 1. The number of nitrogens with zero attached hydrogens (tertiary/aromatic N) is 1. The van der Waals surface area contributed by atoms with Gasteiger partial charge in [-0.2, -0.15) is 0 Å². The van der Waals surface area contributed by atoms with Crippen LogP contribution in [0.5, 0.6) is 11.5 Å². The largest absolute Gasteiger partial charge is 0.507 e. The molecule has 1 N–H and O–H groups in total. The number of allylic oxidation sites excluding steroid dienone is 1. The maximum Gasteiger partial charge on any atom is 0.232 e. The zero-order chi connectivity index (χ0) is 19.8. The Morgan fingerprint density at radius 1 is 1.21 bits per heavy atom. The van der Waals surface area contributed by atoms with E-state index in [4.69, 9.17) is 32.7 Å². The van der Waals surface area contributed by atoms with Gasteiger partial charge in [-0.3, -0.25) is 9.69 Å². The number of hydrogen-bond acceptors (Lipinski definition) is 5. The van der Waals surface area contributed by atoms with Crippen LogP contribution in [-0.4, -0.2) is 42.1 Å². The average molecular weight is 420 g/mol. The zero-order valence-electron chi connectivity index (χ0n) is 15.3. The third-order valence-electron chi connectivity index (χ3n) is 4.96. The number of phenolic OH excluding ortho intramolecular Hbond substituents is 1. The van der Waals surface area contributed by atoms with Crippen molar-refractivity contribution in [3.05, 3.63) is 62.3 Å². The third-order valence-corrected chi connectivity index (χ3v) is 5.52. The van der Waals surface area contributed by atoms with Crippen LogP contribution in [0.15, 0.2) is 30.0 Å². The van der Waals surface area contributed by atoms with Crippen molar-refractivity contribution < 1.29 is 19.4 Å². The normalized spacial score (nSPS) is 18.4. The first-order valence-electron chi connectivity index (χ1n) is 8.99. The number of Topliss-reactive ketones (excluding diaryl/α,β-unsaturated/α-hetero) is 1. The monoisotopic (exact) mass is 419 g/mol. The van der Waals surface area contributed by atoms with Gasteiger partial charge in [0.25, 0.3) is 0 Å². The first-order chi connectivity index (χ1) is 13.4. The smallest absolute Gasteiger partial charge is 0.232 e. The van der Waals surface area contributed by atoms with Crippen LogP contribution in [0.4, 0.5) is 0 Å². The molecule has 1 fully saturated rings. The fourth-order valence-corrected chi connectivity index (χ4v) is 3.94. The van der Waals surface area contributed by atoms with Gasteiger partial charge in [-0.15, -0.1) is 0 Å². The summed E-state index contributed by atoms with van der Waals surface area (Å²) >= 11 is 12.2. The van der Waals surface area contributed by atoms with Gasteiger partial charge in [0.2, 0.25) is 5.78 Å². The summed E-state index contributed by atoms with van der Waals surface area (Å²) in [5, 5.41) is 11.5. The van der Waals surface area contributed by atoms with Gasteiger partial charge in [-0.25, -0.2) is 0 Å². The van der Waals surface area contributed by atoms with E-state index in [0.717, 1.165) is 13.1 Å². The Hall–Kier alpha value is -2.05. The maximum absolute atomic E-state index is 13.0. The van der Waals surface area contributed by atoms with Crippen molar-refractivity contribution in [2.45, 2.75) is 13.5 Å². The highest BCUT2D eigenvalue weighted by Gasteiger charge is 2.34. The summed E-state index contributed by atoms with van der Waals surface area (Å²) in [6, 6.07) is 6.67. The Morgan fingerprint density at radius 3 is 2.68 bits per heavy atom. The number of aryl methyl sites for hydroxylation is 1. The molecule has 0 radical (unpaired) electrons. The van der Waals surface area contributed by atoms with Crippen LogP contribution in [0.1, 0.15) is 27.0 Å². The van der Waals surface area contributed by atoms with E-state index in [1.807, 2.05) is 0 Å².